The van der Waals surface area contributed by atoms with Gasteiger partial charge in [0.15, 0.2) is 0 Å². The first-order valence-corrected chi connectivity index (χ1v) is 12.9. The van der Waals surface area contributed by atoms with Gasteiger partial charge in [0.25, 0.3) is 0 Å². The molecule has 0 saturated heterocycles. The van der Waals surface area contributed by atoms with E-state index in [0.29, 0.717) is 18.0 Å². The van der Waals surface area contributed by atoms with Crippen LogP contribution in [0.2, 0.25) is 0 Å². The van der Waals surface area contributed by atoms with Crippen LogP contribution in [-0.2, 0) is 5.41 Å². The molecule has 3 aromatic carbocycles. The minimum atomic E-state index is -5.71. The number of alkyl halides is 6. The van der Waals surface area contributed by atoms with E-state index in [9.17, 15) is 31.4 Å². The lowest BCUT2D eigenvalue weighted by atomic mass is 9.52. The molecule has 0 radical (unpaired) electrons. The predicted octanol–water partition coefficient (Wildman–Crippen LogP) is 8.73. The highest BCUT2D eigenvalue weighted by atomic mass is 19.3. The number of aromatic hydroxyl groups is 1. The Labute approximate surface area is 222 Å². The number of nitrogens with zero attached hydrogens (tertiary/aromatic N) is 1. The van der Waals surface area contributed by atoms with Crippen LogP contribution in [0.5, 0.6) is 5.75 Å². The average molecular weight is 549 g/mol. The maximum atomic E-state index is 14.7. The molecule has 0 aromatic heterocycles. The van der Waals surface area contributed by atoms with Crippen LogP contribution in [0.25, 0.3) is 21.9 Å². The van der Waals surface area contributed by atoms with Crippen molar-refractivity contribution >= 4 is 22.1 Å². The monoisotopic (exact) mass is 548 g/mol. The lowest BCUT2D eigenvalue weighted by Crippen LogP contribution is -2.62. The molecule has 1 fully saturated rings. The fourth-order valence-electron chi connectivity index (χ4n) is 8.04. The fraction of sp³-hybridized carbons (Fsp3) is 0.467. The molecule has 208 valence electrons. The number of hydrogen-bond donors (Lipinski definition) is 2. The van der Waals surface area contributed by atoms with E-state index >= 15 is 0 Å². The fourth-order valence-corrected chi connectivity index (χ4v) is 8.04. The molecular formula is C30H30F6N2O. The molecule has 1 spiro atoms. The third-order valence-electron chi connectivity index (χ3n) is 8.82. The van der Waals surface area contributed by atoms with Crippen molar-refractivity contribution in [3.63, 3.8) is 0 Å². The summed E-state index contributed by atoms with van der Waals surface area (Å²) >= 11 is 0. The minimum Gasteiger partial charge on any atom is -0.507 e. The van der Waals surface area contributed by atoms with E-state index in [-0.39, 0.29) is 26.9 Å². The summed E-state index contributed by atoms with van der Waals surface area (Å²) in [5.41, 5.74) is 1.71. The van der Waals surface area contributed by atoms with Gasteiger partial charge < -0.3 is 15.3 Å². The second-order valence-corrected chi connectivity index (χ2v) is 13.1. The maximum absolute atomic E-state index is 14.7. The Hall–Kier alpha value is -3.10. The lowest BCUT2D eigenvalue weighted by Gasteiger charge is -2.51. The van der Waals surface area contributed by atoms with Crippen molar-refractivity contribution in [1.82, 2.24) is 0 Å². The van der Waals surface area contributed by atoms with Crippen LogP contribution >= 0.6 is 0 Å². The Kier molecular flexibility index (Phi) is 4.92. The number of rotatable bonds is 0. The number of benzene rings is 3. The number of halogens is 6. The van der Waals surface area contributed by atoms with Crippen LogP contribution < -0.4 is 10.2 Å². The van der Waals surface area contributed by atoms with E-state index in [1.165, 1.54) is 11.4 Å². The summed E-state index contributed by atoms with van der Waals surface area (Å²) in [6, 6.07) is 1.26. The molecule has 0 bridgehead atoms. The molecule has 0 unspecified atom stereocenters. The van der Waals surface area contributed by atoms with Crippen LogP contribution in [0, 0.1) is 10.8 Å². The lowest BCUT2D eigenvalue weighted by molar-refractivity contribution is -0.295. The van der Waals surface area contributed by atoms with Gasteiger partial charge >= 0.3 is 18.0 Å². The van der Waals surface area contributed by atoms with Gasteiger partial charge in [-0.3, -0.25) is 0 Å². The SMILES string of the molecule is CN1c2cc3c(O)cc4c(c3cc2NC(F)(F)C(F)(F)C1(F)F)-c1ccccc1C41CC(C)(C)CC(C)(C)C1. The van der Waals surface area contributed by atoms with Crippen LogP contribution in [0.1, 0.15) is 58.1 Å². The van der Waals surface area contributed by atoms with Crippen molar-refractivity contribution < 1.29 is 31.4 Å². The van der Waals surface area contributed by atoms with E-state index in [4.69, 9.17) is 0 Å². The summed E-state index contributed by atoms with van der Waals surface area (Å²) in [5, 5.41) is 13.1. The molecule has 3 nitrogen and oxygen atoms in total. The summed E-state index contributed by atoms with van der Waals surface area (Å²) in [4.78, 5) is -0.149. The van der Waals surface area contributed by atoms with Crippen molar-refractivity contribution in [1.29, 1.82) is 0 Å². The maximum Gasteiger partial charge on any atom is 0.411 e. The number of phenolic OH excluding ortho intramolecular Hbond substituents is 1. The van der Waals surface area contributed by atoms with Gasteiger partial charge in [-0.2, -0.15) is 26.3 Å². The third kappa shape index (κ3) is 3.31. The first-order valence-electron chi connectivity index (χ1n) is 12.9. The van der Waals surface area contributed by atoms with Crippen molar-refractivity contribution in [2.24, 2.45) is 10.8 Å². The van der Waals surface area contributed by atoms with Crippen LogP contribution in [0.4, 0.5) is 37.7 Å². The summed E-state index contributed by atoms with van der Waals surface area (Å²) < 4.78 is 87.5. The van der Waals surface area contributed by atoms with Crippen LogP contribution in [0.15, 0.2) is 42.5 Å². The molecular weight excluding hydrogens is 518 g/mol. The quantitative estimate of drug-likeness (QED) is 0.218. The topological polar surface area (TPSA) is 35.5 Å². The number of phenols is 1. The second kappa shape index (κ2) is 7.34. The molecule has 0 atom stereocenters. The molecule has 6 rings (SSSR count). The smallest absolute Gasteiger partial charge is 0.411 e. The van der Waals surface area contributed by atoms with Gasteiger partial charge in [0, 0.05) is 17.8 Å². The van der Waals surface area contributed by atoms with E-state index < -0.39 is 34.8 Å². The highest BCUT2D eigenvalue weighted by molar-refractivity contribution is 6.08. The molecule has 2 N–H and O–H groups in total. The van der Waals surface area contributed by atoms with Crippen molar-refractivity contribution in [3.8, 4) is 16.9 Å². The standard InChI is InChI=1S/C30H30F6N2O/c1-25(2)13-26(3,4)15-27(14-25)19-9-7-6-8-16(19)24-18-10-21-22(11-17(18)23(39)12-20(24)27)38(5)30(35,36)28(31,32)29(33,34)37-21/h6-12,37,39H,13-15H2,1-5H3. The molecule has 1 saturated carbocycles. The zero-order valence-corrected chi connectivity index (χ0v) is 22.3. The summed E-state index contributed by atoms with van der Waals surface area (Å²) in [7, 11) is 0.641. The van der Waals surface area contributed by atoms with Crippen molar-refractivity contribution in [2.75, 3.05) is 17.3 Å². The molecule has 1 aliphatic heterocycles. The Morgan fingerprint density at radius 3 is 2.05 bits per heavy atom. The molecule has 9 heteroatoms. The van der Waals surface area contributed by atoms with Gasteiger partial charge in [0.2, 0.25) is 0 Å². The van der Waals surface area contributed by atoms with E-state index in [1.807, 2.05) is 24.3 Å². The van der Waals surface area contributed by atoms with Gasteiger partial charge in [-0.05, 0) is 75.9 Å². The first kappa shape index (κ1) is 26.1. The van der Waals surface area contributed by atoms with Crippen LogP contribution in [0.3, 0.4) is 0 Å². The Balaban J connectivity index is 1.69. The van der Waals surface area contributed by atoms with E-state index in [2.05, 4.69) is 27.7 Å². The van der Waals surface area contributed by atoms with Gasteiger partial charge in [0.1, 0.15) is 5.75 Å². The van der Waals surface area contributed by atoms with Crippen molar-refractivity contribution in [2.45, 2.75) is 70.4 Å². The Bertz CT molecular complexity index is 1530. The molecule has 3 aliphatic rings. The normalized spacial score (nSPS) is 24.4. The predicted molar refractivity (Wildman–Crippen MR) is 140 cm³/mol. The summed E-state index contributed by atoms with van der Waals surface area (Å²) in [6.07, 6.45) is 2.54. The highest BCUT2D eigenvalue weighted by Gasteiger charge is 2.75. The number of hydrogen-bond acceptors (Lipinski definition) is 3. The third-order valence-corrected chi connectivity index (χ3v) is 8.82. The van der Waals surface area contributed by atoms with Crippen molar-refractivity contribution in [3.05, 3.63) is 53.6 Å². The molecule has 0 amide bonds. The Morgan fingerprint density at radius 2 is 1.41 bits per heavy atom. The summed E-state index contributed by atoms with van der Waals surface area (Å²) in [5.74, 6) is -5.93. The van der Waals surface area contributed by atoms with Gasteiger partial charge in [-0.1, -0.05) is 52.0 Å². The minimum absolute atomic E-state index is 0.0572. The van der Waals surface area contributed by atoms with Crippen LogP contribution in [-0.4, -0.2) is 30.2 Å². The molecule has 2 aliphatic carbocycles. The molecule has 39 heavy (non-hydrogen) atoms. The van der Waals surface area contributed by atoms with E-state index in [0.717, 1.165) is 42.0 Å². The largest absolute Gasteiger partial charge is 0.507 e. The van der Waals surface area contributed by atoms with E-state index in [1.54, 1.807) is 6.07 Å². The van der Waals surface area contributed by atoms with Gasteiger partial charge in [-0.15, -0.1) is 0 Å². The average Bonchev–Trinajstić information content (AvgIpc) is 3.02. The highest BCUT2D eigenvalue weighted by Crippen LogP contribution is 2.65. The molecule has 3 aromatic rings. The summed E-state index contributed by atoms with van der Waals surface area (Å²) in [6.45, 7) is 8.83. The second-order valence-electron chi connectivity index (χ2n) is 13.1. The number of nitrogens with one attached hydrogen (secondary N) is 1. The van der Waals surface area contributed by atoms with Gasteiger partial charge in [0.05, 0.1) is 11.4 Å². The number of fused-ring (bicyclic) bond motifs is 8. The van der Waals surface area contributed by atoms with Gasteiger partial charge in [-0.25, -0.2) is 0 Å². The Morgan fingerprint density at radius 1 is 0.795 bits per heavy atom. The molecule has 1 heterocycles. The zero-order chi connectivity index (χ0) is 28.6. The zero-order valence-electron chi connectivity index (χ0n) is 22.3. The number of anilines is 2. The first-order chi connectivity index (χ1) is 17.8.